The highest BCUT2D eigenvalue weighted by molar-refractivity contribution is 9.12. The van der Waals surface area contributed by atoms with Gasteiger partial charge in [0.05, 0.1) is 0 Å². The maximum atomic E-state index is 3.75. The molecule has 0 amide bonds. The quantitative estimate of drug-likeness (QED) is 0.626. The monoisotopic (exact) mass is 312 g/mol. The predicted octanol–water partition coefficient (Wildman–Crippen LogP) is 4.31. The van der Waals surface area contributed by atoms with E-state index < -0.39 is 0 Å². The van der Waals surface area contributed by atoms with Gasteiger partial charge in [-0.2, -0.15) is 0 Å². The van der Waals surface area contributed by atoms with Crippen molar-refractivity contribution in [3.63, 3.8) is 0 Å². The highest BCUT2D eigenvalue weighted by Crippen LogP contribution is 2.53. The Kier molecular flexibility index (Phi) is 2.10. The summed E-state index contributed by atoms with van der Waals surface area (Å²) in [6.07, 6.45) is 3.56. The van der Waals surface area contributed by atoms with Crippen LogP contribution in [0.25, 0.3) is 0 Å². The zero-order chi connectivity index (χ0) is 9.71. The van der Waals surface area contributed by atoms with Crippen molar-refractivity contribution in [1.29, 1.82) is 0 Å². The van der Waals surface area contributed by atoms with Gasteiger partial charge in [-0.1, -0.05) is 62.2 Å². The van der Waals surface area contributed by atoms with Crippen LogP contribution in [0.5, 0.6) is 0 Å². The van der Waals surface area contributed by atoms with Gasteiger partial charge in [0.15, 0.2) is 0 Å². The second-order valence-electron chi connectivity index (χ2n) is 4.02. The molecule has 3 atom stereocenters. The van der Waals surface area contributed by atoms with Gasteiger partial charge in [0, 0.05) is 16.7 Å². The lowest BCUT2D eigenvalue weighted by Gasteiger charge is -2.21. The Bertz CT molecular complexity index is 409. The molecule has 72 valence electrons. The maximum Gasteiger partial charge on any atom is 0.0405 e. The minimum atomic E-state index is 0.497. The van der Waals surface area contributed by atoms with Gasteiger partial charge in [-0.05, 0) is 22.0 Å². The van der Waals surface area contributed by atoms with E-state index >= 15 is 0 Å². The first kappa shape index (κ1) is 9.17. The molecule has 0 unspecified atom stereocenters. The van der Waals surface area contributed by atoms with Crippen LogP contribution in [-0.4, -0.2) is 4.83 Å². The first-order chi connectivity index (χ1) is 6.77. The van der Waals surface area contributed by atoms with Crippen LogP contribution in [0.1, 0.15) is 29.4 Å². The summed E-state index contributed by atoms with van der Waals surface area (Å²) in [5.41, 5.74) is 3.05. The molecule has 0 spiro atoms. The summed E-state index contributed by atoms with van der Waals surface area (Å²) in [5, 5.41) is 0. The highest BCUT2D eigenvalue weighted by atomic mass is 79.9. The van der Waals surface area contributed by atoms with Gasteiger partial charge >= 0.3 is 0 Å². The number of halogens is 2. The highest BCUT2D eigenvalue weighted by Gasteiger charge is 2.38. The van der Waals surface area contributed by atoms with Crippen molar-refractivity contribution in [2.24, 2.45) is 0 Å². The van der Waals surface area contributed by atoms with E-state index in [2.05, 4.69) is 62.2 Å². The molecule has 3 rings (SSSR count). The van der Waals surface area contributed by atoms with Crippen molar-refractivity contribution < 1.29 is 0 Å². The van der Waals surface area contributed by atoms with Crippen LogP contribution in [0, 0.1) is 0 Å². The second kappa shape index (κ2) is 3.21. The number of benzene rings is 1. The largest absolute Gasteiger partial charge is 0.0838 e. The fourth-order valence-electron chi connectivity index (χ4n) is 2.62. The average Bonchev–Trinajstić information content (AvgIpc) is 2.52. The van der Waals surface area contributed by atoms with Gasteiger partial charge in [0.1, 0.15) is 0 Å². The first-order valence-electron chi connectivity index (χ1n) is 4.87. The smallest absolute Gasteiger partial charge is 0.0405 e. The van der Waals surface area contributed by atoms with Crippen molar-refractivity contribution in [3.8, 4) is 0 Å². The molecular formula is C12H10Br2. The summed E-state index contributed by atoms with van der Waals surface area (Å²) in [7, 11) is 0. The Morgan fingerprint density at radius 2 is 1.86 bits per heavy atom. The summed E-state index contributed by atoms with van der Waals surface area (Å²) in [4.78, 5) is 0.497. The minimum absolute atomic E-state index is 0.497. The van der Waals surface area contributed by atoms with E-state index in [0.29, 0.717) is 16.7 Å². The molecule has 2 heteroatoms. The predicted molar refractivity (Wildman–Crippen MR) is 66.3 cm³/mol. The van der Waals surface area contributed by atoms with Gasteiger partial charge in [0.25, 0.3) is 0 Å². The molecule has 2 bridgehead atoms. The van der Waals surface area contributed by atoms with E-state index in [1.165, 1.54) is 22.0 Å². The third-order valence-corrected chi connectivity index (χ3v) is 5.02. The summed E-state index contributed by atoms with van der Waals surface area (Å²) in [6.45, 7) is 0. The number of hydrogen-bond acceptors (Lipinski definition) is 0. The van der Waals surface area contributed by atoms with Crippen molar-refractivity contribution in [2.45, 2.75) is 23.1 Å². The number of allylic oxidation sites excluding steroid dienone is 2. The standard InChI is InChI=1S/C12H10Br2/c13-11-6-12(14)10-5-9(11)7-3-1-2-4-8(7)10/h1-4,6,9-11H,5H2/t9-,10+,11+/m0/s1. The van der Waals surface area contributed by atoms with Gasteiger partial charge in [-0.15, -0.1) is 0 Å². The third kappa shape index (κ3) is 1.17. The number of rotatable bonds is 0. The Morgan fingerprint density at radius 3 is 2.64 bits per heavy atom. The Morgan fingerprint density at radius 1 is 1.14 bits per heavy atom. The molecule has 1 aromatic carbocycles. The minimum Gasteiger partial charge on any atom is -0.0838 e. The summed E-state index contributed by atoms with van der Waals surface area (Å²) >= 11 is 7.43. The van der Waals surface area contributed by atoms with Gasteiger partial charge < -0.3 is 0 Å². The average molecular weight is 314 g/mol. The lowest BCUT2D eigenvalue weighted by molar-refractivity contribution is 0.638. The molecule has 0 saturated heterocycles. The van der Waals surface area contributed by atoms with Crippen LogP contribution >= 0.6 is 31.9 Å². The number of hydrogen-bond donors (Lipinski definition) is 0. The fourth-order valence-corrected chi connectivity index (χ4v) is 4.48. The van der Waals surface area contributed by atoms with E-state index in [1.807, 2.05) is 0 Å². The normalized spacial score (nSPS) is 33.9. The van der Waals surface area contributed by atoms with E-state index in [-0.39, 0.29) is 0 Å². The Labute approximate surface area is 101 Å². The Balaban J connectivity index is 2.20. The lowest BCUT2D eigenvalue weighted by Crippen LogP contribution is -2.11. The summed E-state index contributed by atoms with van der Waals surface area (Å²) < 4.78 is 1.35. The van der Waals surface area contributed by atoms with Crippen LogP contribution in [0.4, 0.5) is 0 Å². The van der Waals surface area contributed by atoms with Crippen molar-refractivity contribution >= 4 is 31.9 Å². The van der Waals surface area contributed by atoms with Crippen molar-refractivity contribution in [3.05, 3.63) is 46.0 Å². The number of fused-ring (bicyclic) bond motifs is 5. The molecular weight excluding hydrogens is 304 g/mol. The maximum absolute atomic E-state index is 3.75. The fraction of sp³-hybridized carbons (Fsp3) is 0.333. The van der Waals surface area contributed by atoms with Crippen molar-refractivity contribution in [1.82, 2.24) is 0 Å². The third-order valence-electron chi connectivity index (χ3n) is 3.30. The molecule has 1 aromatic rings. The topological polar surface area (TPSA) is 0 Å². The summed E-state index contributed by atoms with van der Waals surface area (Å²) in [5.74, 6) is 1.29. The van der Waals surface area contributed by atoms with Crippen LogP contribution in [-0.2, 0) is 0 Å². The van der Waals surface area contributed by atoms with E-state index in [1.54, 1.807) is 0 Å². The lowest BCUT2D eigenvalue weighted by atomic mass is 9.93. The van der Waals surface area contributed by atoms with Gasteiger partial charge in [0.2, 0.25) is 0 Å². The molecule has 0 saturated carbocycles. The molecule has 2 aliphatic rings. The zero-order valence-corrected chi connectivity index (χ0v) is 10.8. The molecule has 0 heterocycles. The van der Waals surface area contributed by atoms with Crippen LogP contribution in [0.3, 0.4) is 0 Å². The van der Waals surface area contributed by atoms with E-state index in [0.717, 1.165) is 0 Å². The SMILES string of the molecule is BrC1=C[C@@H](Br)[C@H]2C[C@@H]1c1ccccc12. The molecule has 0 aromatic heterocycles. The van der Waals surface area contributed by atoms with E-state index in [4.69, 9.17) is 0 Å². The van der Waals surface area contributed by atoms with Gasteiger partial charge in [-0.25, -0.2) is 0 Å². The molecule has 0 aliphatic heterocycles. The van der Waals surface area contributed by atoms with Crippen LogP contribution < -0.4 is 0 Å². The molecule has 0 fully saturated rings. The summed E-state index contributed by atoms with van der Waals surface area (Å²) in [6, 6.07) is 8.82. The zero-order valence-electron chi connectivity index (χ0n) is 7.58. The van der Waals surface area contributed by atoms with Gasteiger partial charge in [-0.3, -0.25) is 0 Å². The van der Waals surface area contributed by atoms with Crippen LogP contribution in [0.2, 0.25) is 0 Å². The van der Waals surface area contributed by atoms with Crippen LogP contribution in [0.15, 0.2) is 34.8 Å². The second-order valence-corrected chi connectivity index (χ2v) is 5.99. The molecule has 0 radical (unpaired) electrons. The Hall–Kier alpha value is -0.0800. The first-order valence-corrected chi connectivity index (χ1v) is 6.58. The molecule has 0 nitrogen and oxygen atoms in total. The van der Waals surface area contributed by atoms with E-state index in [9.17, 15) is 0 Å². The molecule has 14 heavy (non-hydrogen) atoms. The van der Waals surface area contributed by atoms with Crippen molar-refractivity contribution in [2.75, 3.05) is 0 Å². The molecule has 0 N–H and O–H groups in total. The number of alkyl halides is 1. The molecule has 2 aliphatic carbocycles.